The molecule has 8 heteroatoms. The van der Waals surface area contributed by atoms with Crippen molar-refractivity contribution in [2.24, 2.45) is 0 Å². The number of carbonyl (C=O) groups excluding carboxylic acids is 2. The third-order valence-electron chi connectivity index (χ3n) is 5.09. The highest BCUT2D eigenvalue weighted by Crippen LogP contribution is 2.23. The van der Waals surface area contributed by atoms with Gasteiger partial charge in [-0.25, -0.2) is 8.42 Å². The molecule has 1 heterocycles. The molecule has 2 aromatic carbocycles. The number of rotatable bonds is 7. The number of anilines is 2. The van der Waals surface area contributed by atoms with Gasteiger partial charge in [0.15, 0.2) is 0 Å². The quantitative estimate of drug-likeness (QED) is 0.706. The monoisotopic (exact) mass is 429 g/mol. The maximum atomic E-state index is 12.8. The number of amides is 2. The Bertz CT molecular complexity index is 1030. The van der Waals surface area contributed by atoms with Gasteiger partial charge < -0.3 is 10.2 Å². The molecule has 1 saturated heterocycles. The minimum absolute atomic E-state index is 0.103. The Balaban J connectivity index is 1.67. The highest BCUT2D eigenvalue weighted by atomic mass is 32.2. The minimum atomic E-state index is -3.78. The summed E-state index contributed by atoms with van der Waals surface area (Å²) in [7, 11) is -3.78. The van der Waals surface area contributed by atoms with Gasteiger partial charge in [0.05, 0.1) is 11.3 Å². The molecule has 160 valence electrons. The Morgan fingerprint density at radius 2 is 1.63 bits per heavy atom. The molecule has 1 aliphatic heterocycles. The second-order valence-corrected chi connectivity index (χ2v) is 9.10. The van der Waals surface area contributed by atoms with Crippen LogP contribution in [0.1, 0.15) is 37.3 Å². The van der Waals surface area contributed by atoms with Crippen molar-refractivity contribution in [3.05, 3.63) is 53.6 Å². The van der Waals surface area contributed by atoms with E-state index >= 15 is 0 Å². The van der Waals surface area contributed by atoms with E-state index in [4.69, 9.17) is 0 Å². The molecule has 0 atom stereocenters. The van der Waals surface area contributed by atoms with E-state index in [9.17, 15) is 18.0 Å². The predicted octanol–water partition coefficient (Wildman–Crippen LogP) is 3.31. The molecule has 2 N–H and O–H groups in total. The molecule has 0 spiro atoms. The van der Waals surface area contributed by atoms with E-state index < -0.39 is 10.0 Å². The van der Waals surface area contributed by atoms with Crippen LogP contribution in [0, 0.1) is 6.92 Å². The number of carbonyl (C=O) groups is 2. The normalized spacial score (nSPS) is 13.9. The Labute approximate surface area is 177 Å². The highest BCUT2D eigenvalue weighted by molar-refractivity contribution is 7.92. The minimum Gasteiger partial charge on any atom is -0.342 e. The van der Waals surface area contributed by atoms with Crippen LogP contribution < -0.4 is 10.0 Å². The summed E-state index contributed by atoms with van der Waals surface area (Å²) in [5, 5.41) is 2.72. The van der Waals surface area contributed by atoms with Gasteiger partial charge in [-0.15, -0.1) is 0 Å². The average molecular weight is 430 g/mol. The molecule has 0 radical (unpaired) electrons. The van der Waals surface area contributed by atoms with E-state index in [1.165, 1.54) is 6.07 Å². The molecule has 7 nitrogen and oxygen atoms in total. The first-order valence-corrected chi connectivity index (χ1v) is 11.6. The first kappa shape index (κ1) is 21.8. The van der Waals surface area contributed by atoms with E-state index in [-0.39, 0.29) is 16.7 Å². The summed E-state index contributed by atoms with van der Waals surface area (Å²) in [4.78, 5) is 25.8. The number of sulfonamides is 1. The smallest absolute Gasteiger partial charge is 0.262 e. The summed E-state index contributed by atoms with van der Waals surface area (Å²) < 4.78 is 28.2. The summed E-state index contributed by atoms with van der Waals surface area (Å²) in [6.45, 7) is 5.07. The molecule has 30 heavy (non-hydrogen) atoms. The van der Waals surface area contributed by atoms with Gasteiger partial charge in [-0.1, -0.05) is 19.1 Å². The van der Waals surface area contributed by atoms with Crippen LogP contribution in [0.25, 0.3) is 0 Å². The van der Waals surface area contributed by atoms with Crippen LogP contribution in [-0.4, -0.2) is 38.2 Å². The van der Waals surface area contributed by atoms with Crippen molar-refractivity contribution in [1.29, 1.82) is 0 Å². The number of nitrogens with one attached hydrogen (secondary N) is 2. The molecule has 3 rings (SSSR count). The van der Waals surface area contributed by atoms with Gasteiger partial charge in [0, 0.05) is 30.9 Å². The average Bonchev–Trinajstić information content (AvgIpc) is 3.24. The van der Waals surface area contributed by atoms with Gasteiger partial charge in [0.1, 0.15) is 0 Å². The maximum Gasteiger partial charge on any atom is 0.262 e. The number of aryl methyl sites for hydroxylation is 1. The first-order valence-electron chi connectivity index (χ1n) is 10.1. The van der Waals surface area contributed by atoms with Crippen LogP contribution >= 0.6 is 0 Å². The molecule has 0 saturated carbocycles. The molecule has 1 fully saturated rings. The summed E-state index contributed by atoms with van der Waals surface area (Å²) >= 11 is 0. The third-order valence-corrected chi connectivity index (χ3v) is 6.63. The lowest BCUT2D eigenvalue weighted by Crippen LogP contribution is -2.29. The van der Waals surface area contributed by atoms with Crippen molar-refractivity contribution in [3.63, 3.8) is 0 Å². The van der Waals surface area contributed by atoms with Crippen LogP contribution in [0.4, 0.5) is 11.4 Å². The molecule has 2 amide bonds. The van der Waals surface area contributed by atoms with Gasteiger partial charge >= 0.3 is 0 Å². The molecule has 0 aromatic heterocycles. The van der Waals surface area contributed by atoms with Crippen molar-refractivity contribution in [3.8, 4) is 0 Å². The SMILES string of the molecule is CCC(=O)Nc1ccc(S(=O)(=O)Nc2ccc(CC(=O)N3CCCC3)cc2)c(C)c1. The number of likely N-dealkylation sites (tertiary alicyclic amines) is 1. The zero-order valence-corrected chi connectivity index (χ0v) is 18.1. The molecule has 1 aliphatic rings. The largest absolute Gasteiger partial charge is 0.342 e. The molecule has 2 aromatic rings. The lowest BCUT2D eigenvalue weighted by molar-refractivity contribution is -0.129. The van der Waals surface area contributed by atoms with Gasteiger partial charge in [-0.2, -0.15) is 0 Å². The standard InChI is InChI=1S/C22H27N3O4S/c1-3-21(26)23-19-10-11-20(16(2)14-19)30(28,29)24-18-8-6-17(7-9-18)15-22(27)25-12-4-5-13-25/h6-11,14,24H,3-5,12-13,15H2,1-2H3,(H,23,26). The summed E-state index contributed by atoms with van der Waals surface area (Å²) in [6, 6.07) is 11.5. The van der Waals surface area contributed by atoms with E-state index in [2.05, 4.69) is 10.0 Å². The van der Waals surface area contributed by atoms with Crippen LogP contribution in [0.5, 0.6) is 0 Å². The third kappa shape index (κ3) is 5.38. The lowest BCUT2D eigenvalue weighted by atomic mass is 10.1. The second-order valence-electron chi connectivity index (χ2n) is 7.45. The van der Waals surface area contributed by atoms with Gasteiger partial charge in [-0.3, -0.25) is 14.3 Å². The number of hydrogen-bond acceptors (Lipinski definition) is 4. The Morgan fingerprint density at radius 1 is 1.00 bits per heavy atom. The fourth-order valence-corrected chi connectivity index (χ4v) is 4.72. The van der Waals surface area contributed by atoms with E-state index in [0.717, 1.165) is 31.5 Å². The highest BCUT2D eigenvalue weighted by Gasteiger charge is 2.19. The van der Waals surface area contributed by atoms with Gasteiger partial charge in [-0.05, 0) is 61.2 Å². The zero-order chi connectivity index (χ0) is 21.7. The topological polar surface area (TPSA) is 95.6 Å². The summed E-state index contributed by atoms with van der Waals surface area (Å²) in [5.74, 6) is -0.0295. The van der Waals surface area contributed by atoms with Crippen molar-refractivity contribution in [2.45, 2.75) is 44.4 Å². The van der Waals surface area contributed by atoms with Crippen LogP contribution in [0.2, 0.25) is 0 Å². The number of benzene rings is 2. The molecule has 0 bridgehead atoms. The predicted molar refractivity (Wildman–Crippen MR) is 117 cm³/mol. The van der Waals surface area contributed by atoms with Gasteiger partial charge in [0.2, 0.25) is 11.8 Å². The van der Waals surface area contributed by atoms with Crippen molar-refractivity contribution >= 4 is 33.2 Å². The Morgan fingerprint density at radius 3 is 2.23 bits per heavy atom. The summed E-state index contributed by atoms with van der Waals surface area (Å²) in [5.41, 5.74) is 2.37. The van der Waals surface area contributed by atoms with E-state index in [1.54, 1.807) is 50.2 Å². The van der Waals surface area contributed by atoms with Crippen molar-refractivity contribution < 1.29 is 18.0 Å². The van der Waals surface area contributed by atoms with Gasteiger partial charge in [0.25, 0.3) is 10.0 Å². The molecular formula is C22H27N3O4S. The molecule has 0 unspecified atom stereocenters. The maximum absolute atomic E-state index is 12.8. The van der Waals surface area contributed by atoms with Crippen LogP contribution in [-0.2, 0) is 26.0 Å². The first-order chi connectivity index (χ1) is 14.3. The van der Waals surface area contributed by atoms with Crippen molar-refractivity contribution in [1.82, 2.24) is 4.90 Å². The van der Waals surface area contributed by atoms with E-state index in [1.807, 2.05) is 4.90 Å². The molecule has 0 aliphatic carbocycles. The Kier molecular flexibility index (Phi) is 6.77. The number of hydrogen-bond donors (Lipinski definition) is 2. The van der Waals surface area contributed by atoms with Crippen molar-refractivity contribution in [2.75, 3.05) is 23.1 Å². The fraction of sp³-hybridized carbons (Fsp3) is 0.364. The lowest BCUT2D eigenvalue weighted by Gasteiger charge is -2.15. The van der Waals surface area contributed by atoms with E-state index in [0.29, 0.717) is 29.8 Å². The number of nitrogens with zero attached hydrogens (tertiary/aromatic N) is 1. The Hall–Kier alpha value is -2.87. The fourth-order valence-electron chi connectivity index (χ4n) is 3.43. The zero-order valence-electron chi connectivity index (χ0n) is 17.3. The molecular weight excluding hydrogens is 402 g/mol. The second kappa shape index (κ2) is 9.30. The van der Waals surface area contributed by atoms with Crippen LogP contribution in [0.3, 0.4) is 0 Å². The summed E-state index contributed by atoms with van der Waals surface area (Å²) in [6.07, 6.45) is 2.77. The van der Waals surface area contributed by atoms with Crippen LogP contribution in [0.15, 0.2) is 47.4 Å².